The van der Waals surface area contributed by atoms with Gasteiger partial charge < -0.3 is 14.6 Å². The number of carbonyl (C=O) groups is 2. The summed E-state index contributed by atoms with van der Waals surface area (Å²) in [5.41, 5.74) is 2.77. The summed E-state index contributed by atoms with van der Waals surface area (Å²) in [5.74, 6) is -0.136. The number of halogens is 1. The number of benzene rings is 3. The van der Waals surface area contributed by atoms with Gasteiger partial charge in [-0.05, 0) is 59.7 Å². The van der Waals surface area contributed by atoms with E-state index in [4.69, 9.17) is 4.42 Å². The highest BCUT2D eigenvalue weighted by atomic mass is 32.2. The summed E-state index contributed by atoms with van der Waals surface area (Å²) < 4.78 is 18.7. The fraction of sp³-hybridized carbons (Fsp3) is 0.0714. The largest absolute Gasteiger partial charge is 0.467 e. The molecule has 0 radical (unpaired) electrons. The summed E-state index contributed by atoms with van der Waals surface area (Å²) in [6, 6.07) is 24.6. The maximum Gasteiger partial charge on any atom is 0.265 e. The van der Waals surface area contributed by atoms with Crippen LogP contribution in [0.5, 0.6) is 0 Å². The smallest absolute Gasteiger partial charge is 0.265 e. The van der Waals surface area contributed by atoms with Crippen LogP contribution in [0.2, 0.25) is 0 Å². The maximum atomic E-state index is 13.6. The van der Waals surface area contributed by atoms with Gasteiger partial charge in [-0.15, -0.1) is 0 Å². The molecule has 7 heteroatoms. The predicted octanol–water partition coefficient (Wildman–Crippen LogP) is 6.03. The van der Waals surface area contributed by atoms with Crippen molar-refractivity contribution in [3.05, 3.63) is 124 Å². The van der Waals surface area contributed by atoms with Crippen molar-refractivity contribution in [1.82, 2.24) is 5.32 Å². The third kappa shape index (κ3) is 5.20. The van der Waals surface area contributed by atoms with E-state index in [9.17, 15) is 14.0 Å². The van der Waals surface area contributed by atoms with Gasteiger partial charge >= 0.3 is 0 Å². The van der Waals surface area contributed by atoms with Crippen molar-refractivity contribution in [3.8, 4) is 0 Å². The number of fused-ring (bicyclic) bond motifs is 1. The number of furan rings is 1. The second-order valence-corrected chi connectivity index (χ2v) is 9.07. The molecule has 0 unspecified atom stereocenters. The summed E-state index contributed by atoms with van der Waals surface area (Å²) in [7, 11) is 0. The first-order valence-electron chi connectivity index (χ1n) is 11.0. The van der Waals surface area contributed by atoms with E-state index in [1.165, 1.54) is 23.9 Å². The lowest BCUT2D eigenvalue weighted by molar-refractivity contribution is -0.114. The summed E-state index contributed by atoms with van der Waals surface area (Å²) in [4.78, 5) is 29.4. The van der Waals surface area contributed by atoms with E-state index in [1.807, 2.05) is 42.5 Å². The minimum atomic E-state index is -0.338. The molecular formula is C28H21FN2O3S. The molecule has 5 rings (SSSR count). The van der Waals surface area contributed by atoms with Crippen LogP contribution >= 0.6 is 11.8 Å². The molecule has 4 aromatic rings. The van der Waals surface area contributed by atoms with Gasteiger partial charge in [0.25, 0.3) is 11.8 Å². The number of thioether (sulfide) groups is 1. The normalized spacial score (nSPS) is 14.1. The van der Waals surface area contributed by atoms with Crippen LogP contribution < -0.4 is 10.2 Å². The van der Waals surface area contributed by atoms with Crippen molar-refractivity contribution in [2.75, 3.05) is 4.90 Å². The molecule has 1 aliphatic rings. The van der Waals surface area contributed by atoms with Crippen LogP contribution in [0.25, 0.3) is 6.08 Å². The van der Waals surface area contributed by atoms with Crippen LogP contribution in [-0.2, 0) is 17.9 Å². The molecule has 0 saturated heterocycles. The Balaban J connectivity index is 1.48. The van der Waals surface area contributed by atoms with Crippen LogP contribution in [0.3, 0.4) is 0 Å². The second kappa shape index (κ2) is 10.0. The molecule has 0 spiro atoms. The lowest BCUT2D eigenvalue weighted by atomic mass is 10.1. The zero-order valence-corrected chi connectivity index (χ0v) is 19.4. The SMILES string of the molecule is O=C(NCc1ccco1)c1ccc2c(c1)N(Cc1ccc(F)cc1)C(=O)/C(=C/c1ccccc1)S2. The number of hydrogen-bond donors (Lipinski definition) is 1. The van der Waals surface area contributed by atoms with Gasteiger partial charge in [-0.2, -0.15) is 0 Å². The first-order chi connectivity index (χ1) is 17.1. The van der Waals surface area contributed by atoms with Gasteiger partial charge in [-0.25, -0.2) is 4.39 Å². The maximum absolute atomic E-state index is 13.6. The Labute approximate surface area is 206 Å². The molecule has 174 valence electrons. The van der Waals surface area contributed by atoms with E-state index < -0.39 is 0 Å². The number of nitrogens with zero attached hydrogens (tertiary/aromatic N) is 1. The Kier molecular flexibility index (Phi) is 6.50. The molecule has 1 N–H and O–H groups in total. The quantitative estimate of drug-likeness (QED) is 0.340. The Morgan fingerprint density at radius 3 is 2.54 bits per heavy atom. The van der Waals surface area contributed by atoms with E-state index in [2.05, 4.69) is 5.32 Å². The number of amides is 2. The number of nitrogens with one attached hydrogen (secondary N) is 1. The summed E-state index contributed by atoms with van der Waals surface area (Å²) in [5, 5.41) is 2.84. The van der Waals surface area contributed by atoms with Gasteiger partial charge in [0.2, 0.25) is 0 Å². The molecule has 35 heavy (non-hydrogen) atoms. The number of rotatable bonds is 6. The number of carbonyl (C=O) groups excluding carboxylic acids is 2. The minimum Gasteiger partial charge on any atom is -0.467 e. The van der Waals surface area contributed by atoms with Crippen molar-refractivity contribution in [3.63, 3.8) is 0 Å². The van der Waals surface area contributed by atoms with Crippen molar-refractivity contribution >= 4 is 35.3 Å². The minimum absolute atomic E-state index is 0.177. The molecule has 3 aromatic carbocycles. The van der Waals surface area contributed by atoms with E-state index in [-0.39, 0.29) is 30.7 Å². The first-order valence-corrected chi connectivity index (χ1v) is 11.8. The molecule has 1 aromatic heterocycles. The van der Waals surface area contributed by atoms with Crippen LogP contribution in [0, 0.1) is 5.82 Å². The van der Waals surface area contributed by atoms with Crippen molar-refractivity contribution in [1.29, 1.82) is 0 Å². The Hall–Kier alpha value is -4.10. The molecule has 5 nitrogen and oxygen atoms in total. The van der Waals surface area contributed by atoms with E-state index in [1.54, 1.807) is 47.6 Å². The molecular weight excluding hydrogens is 463 g/mol. The number of hydrogen-bond acceptors (Lipinski definition) is 4. The van der Waals surface area contributed by atoms with Gasteiger partial charge in [-0.1, -0.05) is 54.2 Å². The molecule has 0 atom stereocenters. The van der Waals surface area contributed by atoms with Gasteiger partial charge in [0.1, 0.15) is 11.6 Å². The lowest BCUT2D eigenvalue weighted by Gasteiger charge is -2.31. The molecule has 0 aliphatic carbocycles. The monoisotopic (exact) mass is 484 g/mol. The first kappa shape index (κ1) is 22.7. The Bertz CT molecular complexity index is 1380. The fourth-order valence-corrected chi connectivity index (χ4v) is 4.80. The highest BCUT2D eigenvalue weighted by Gasteiger charge is 2.30. The molecule has 0 fully saturated rings. The highest BCUT2D eigenvalue weighted by Crippen LogP contribution is 2.43. The zero-order chi connectivity index (χ0) is 24.2. The molecule has 0 bridgehead atoms. The van der Waals surface area contributed by atoms with Crippen LogP contribution in [0.15, 0.2) is 105 Å². The lowest BCUT2D eigenvalue weighted by Crippen LogP contribution is -2.34. The zero-order valence-electron chi connectivity index (χ0n) is 18.6. The summed E-state index contributed by atoms with van der Waals surface area (Å²) in [6.07, 6.45) is 3.41. The highest BCUT2D eigenvalue weighted by molar-refractivity contribution is 8.04. The van der Waals surface area contributed by atoms with Gasteiger partial charge in [-0.3, -0.25) is 9.59 Å². The van der Waals surface area contributed by atoms with E-state index in [0.29, 0.717) is 21.9 Å². The fourth-order valence-electron chi connectivity index (χ4n) is 3.76. The standard InChI is InChI=1S/C28H21FN2O3S/c29-22-11-8-20(9-12-22)18-31-24-16-21(27(32)30-17-23-7-4-14-34-23)10-13-25(24)35-26(28(31)33)15-19-5-2-1-3-6-19/h1-16H,17-18H2,(H,30,32)/b26-15-. The van der Waals surface area contributed by atoms with Crippen molar-refractivity contribution in [2.24, 2.45) is 0 Å². The molecule has 0 saturated carbocycles. The van der Waals surface area contributed by atoms with Crippen molar-refractivity contribution in [2.45, 2.75) is 18.0 Å². The molecule has 2 amide bonds. The van der Waals surface area contributed by atoms with Crippen LogP contribution in [0.4, 0.5) is 10.1 Å². The van der Waals surface area contributed by atoms with Gasteiger partial charge in [0, 0.05) is 10.5 Å². The van der Waals surface area contributed by atoms with Crippen LogP contribution in [0.1, 0.15) is 27.2 Å². The molecule has 2 heterocycles. The van der Waals surface area contributed by atoms with E-state index >= 15 is 0 Å². The third-order valence-electron chi connectivity index (χ3n) is 5.54. The summed E-state index contributed by atoms with van der Waals surface area (Å²) >= 11 is 1.37. The Morgan fingerprint density at radius 2 is 1.80 bits per heavy atom. The average Bonchev–Trinajstić information content (AvgIpc) is 3.40. The third-order valence-corrected chi connectivity index (χ3v) is 6.62. The molecule has 1 aliphatic heterocycles. The second-order valence-electron chi connectivity index (χ2n) is 7.98. The number of anilines is 1. The predicted molar refractivity (Wildman–Crippen MR) is 134 cm³/mol. The average molecular weight is 485 g/mol. The van der Waals surface area contributed by atoms with E-state index in [0.717, 1.165) is 16.0 Å². The van der Waals surface area contributed by atoms with Gasteiger partial charge in [0.15, 0.2) is 0 Å². The van der Waals surface area contributed by atoms with Crippen LogP contribution in [-0.4, -0.2) is 11.8 Å². The van der Waals surface area contributed by atoms with Crippen molar-refractivity contribution < 1.29 is 18.4 Å². The topological polar surface area (TPSA) is 62.6 Å². The summed E-state index contributed by atoms with van der Waals surface area (Å²) in [6.45, 7) is 0.510. The Morgan fingerprint density at radius 1 is 1.00 bits per heavy atom. The van der Waals surface area contributed by atoms with Gasteiger partial charge in [0.05, 0.1) is 29.9 Å².